The fraction of sp³-hybridized carbons (Fsp3) is 0.406. The number of halogens is 1. The molecule has 8 nitrogen and oxygen atoms in total. The van der Waals surface area contributed by atoms with Crippen LogP contribution >= 0.6 is 22.7 Å². The molecule has 0 radical (unpaired) electrons. The molecule has 4 aromatic rings. The Balaban J connectivity index is 1.51. The number of amides is 1. The lowest BCUT2D eigenvalue weighted by molar-refractivity contribution is -0.126. The van der Waals surface area contributed by atoms with Gasteiger partial charge in [0.25, 0.3) is 0 Å². The van der Waals surface area contributed by atoms with Crippen molar-refractivity contribution < 1.29 is 18.7 Å². The van der Waals surface area contributed by atoms with Gasteiger partial charge in [-0.25, -0.2) is 14.4 Å². The maximum atomic E-state index is 14.5. The molecule has 1 aromatic carbocycles. The molecule has 6 rings (SSSR count). The smallest absolute Gasteiger partial charge is 0.246 e. The quantitative estimate of drug-likeness (QED) is 0.172. The third-order valence-electron chi connectivity index (χ3n) is 8.26. The lowest BCUT2D eigenvalue weighted by atomic mass is 9.99. The molecule has 1 saturated heterocycles. The van der Waals surface area contributed by atoms with Crippen molar-refractivity contribution in [2.75, 3.05) is 59.0 Å². The molecule has 2 aliphatic rings. The molecule has 3 aromatic heterocycles. The lowest BCUT2D eigenvalue weighted by Crippen LogP contribution is -2.42. The van der Waals surface area contributed by atoms with E-state index in [1.165, 1.54) is 18.2 Å². The number of anilines is 1. The summed E-state index contributed by atoms with van der Waals surface area (Å²) in [7, 11) is 5.90. The largest absolute Gasteiger partial charge is 0.490 e. The molecule has 0 aliphatic carbocycles. The van der Waals surface area contributed by atoms with Gasteiger partial charge in [0.05, 0.1) is 18.8 Å². The molecule has 43 heavy (non-hydrogen) atoms. The summed E-state index contributed by atoms with van der Waals surface area (Å²) in [4.78, 5) is 30.4. The monoisotopic (exact) mass is 621 g/mol. The maximum Gasteiger partial charge on any atom is 0.246 e. The summed E-state index contributed by atoms with van der Waals surface area (Å²) in [5, 5.41) is 3.96. The van der Waals surface area contributed by atoms with Crippen LogP contribution in [-0.2, 0) is 22.5 Å². The SMILES string of the molecule is C=CC(=O)N1CCc2nc(-c3nc(N4CCC(N(C)C)CC4)c4ccsc4c3-c3ccc(F)cc3OCCOC)sc2C1. The van der Waals surface area contributed by atoms with E-state index in [1.807, 2.05) is 0 Å². The van der Waals surface area contributed by atoms with Crippen LogP contribution in [-0.4, -0.2) is 85.8 Å². The molecular formula is C32H36FN5O3S2. The van der Waals surface area contributed by atoms with Gasteiger partial charge in [-0.2, -0.15) is 0 Å². The van der Waals surface area contributed by atoms with Crippen molar-refractivity contribution in [2.45, 2.75) is 31.8 Å². The molecule has 226 valence electrons. The van der Waals surface area contributed by atoms with Crippen LogP contribution in [0.5, 0.6) is 5.75 Å². The minimum absolute atomic E-state index is 0.0769. The van der Waals surface area contributed by atoms with Gasteiger partial charge in [-0.3, -0.25) is 4.79 Å². The average Bonchev–Trinajstić information content (AvgIpc) is 3.68. The van der Waals surface area contributed by atoms with E-state index in [1.54, 1.807) is 40.7 Å². The summed E-state index contributed by atoms with van der Waals surface area (Å²) in [5.41, 5.74) is 3.40. The van der Waals surface area contributed by atoms with Crippen LogP contribution in [0.15, 0.2) is 42.3 Å². The number of thiophene rings is 1. The van der Waals surface area contributed by atoms with Gasteiger partial charge in [-0.1, -0.05) is 6.58 Å². The number of benzene rings is 1. The number of hydrogen-bond acceptors (Lipinski definition) is 9. The molecule has 0 spiro atoms. The number of nitrogens with zero attached hydrogens (tertiary/aromatic N) is 5. The van der Waals surface area contributed by atoms with Gasteiger partial charge < -0.3 is 24.2 Å². The first kappa shape index (κ1) is 29.7. The number of rotatable bonds is 9. The Bertz CT molecular complexity index is 1640. The van der Waals surface area contributed by atoms with Crippen LogP contribution in [0.25, 0.3) is 31.9 Å². The number of hydrogen-bond donors (Lipinski definition) is 0. The minimum Gasteiger partial charge on any atom is -0.490 e. The van der Waals surface area contributed by atoms with Gasteiger partial charge in [0.1, 0.15) is 34.7 Å². The van der Waals surface area contributed by atoms with E-state index >= 15 is 0 Å². The third-order valence-corrected chi connectivity index (χ3v) is 10.3. The summed E-state index contributed by atoms with van der Waals surface area (Å²) in [6.07, 6.45) is 4.16. The highest BCUT2D eigenvalue weighted by Gasteiger charge is 2.30. The normalized spacial score (nSPS) is 15.7. The Kier molecular flexibility index (Phi) is 8.76. The molecule has 0 N–H and O–H groups in total. The van der Waals surface area contributed by atoms with Gasteiger partial charge >= 0.3 is 0 Å². The van der Waals surface area contributed by atoms with Crippen LogP contribution in [0.3, 0.4) is 0 Å². The number of ether oxygens (including phenoxy) is 2. The number of thiazole rings is 1. The van der Waals surface area contributed by atoms with Crippen molar-refractivity contribution in [3.8, 4) is 27.6 Å². The van der Waals surface area contributed by atoms with E-state index in [4.69, 9.17) is 19.4 Å². The molecular weight excluding hydrogens is 586 g/mol. The van der Waals surface area contributed by atoms with Crippen LogP contribution < -0.4 is 9.64 Å². The molecule has 2 aliphatic heterocycles. The topological polar surface area (TPSA) is 71.0 Å². The van der Waals surface area contributed by atoms with Gasteiger partial charge in [-0.05, 0) is 56.6 Å². The van der Waals surface area contributed by atoms with Gasteiger partial charge in [0.2, 0.25) is 5.91 Å². The van der Waals surface area contributed by atoms with Gasteiger partial charge in [0.15, 0.2) is 0 Å². The molecule has 0 saturated carbocycles. The second-order valence-electron chi connectivity index (χ2n) is 11.1. The van der Waals surface area contributed by atoms with Crippen LogP contribution in [0.4, 0.5) is 10.2 Å². The highest BCUT2D eigenvalue weighted by Crippen LogP contribution is 2.47. The van der Waals surface area contributed by atoms with E-state index in [9.17, 15) is 9.18 Å². The van der Waals surface area contributed by atoms with Gasteiger partial charge in [0, 0.05) is 71.4 Å². The summed E-state index contributed by atoms with van der Waals surface area (Å²) in [6, 6.07) is 7.35. The first-order valence-electron chi connectivity index (χ1n) is 14.5. The maximum absolute atomic E-state index is 14.5. The zero-order valence-electron chi connectivity index (χ0n) is 24.8. The van der Waals surface area contributed by atoms with E-state index < -0.39 is 0 Å². The second-order valence-corrected chi connectivity index (χ2v) is 13.1. The molecule has 0 bridgehead atoms. The first-order valence-corrected chi connectivity index (χ1v) is 16.2. The Labute approximate surface area is 259 Å². The van der Waals surface area contributed by atoms with Crippen molar-refractivity contribution in [3.63, 3.8) is 0 Å². The number of piperidine rings is 1. The summed E-state index contributed by atoms with van der Waals surface area (Å²) >= 11 is 3.22. The zero-order valence-corrected chi connectivity index (χ0v) is 26.4. The highest BCUT2D eigenvalue weighted by atomic mass is 32.1. The summed E-state index contributed by atoms with van der Waals surface area (Å²) in [6.45, 7) is 7.26. The molecule has 0 unspecified atom stereocenters. The Morgan fingerprint density at radius 3 is 2.74 bits per heavy atom. The number of carbonyl (C=O) groups excluding carboxylic acids is 1. The predicted octanol–water partition coefficient (Wildman–Crippen LogP) is 5.85. The third kappa shape index (κ3) is 5.91. The summed E-state index contributed by atoms with van der Waals surface area (Å²) < 4.78 is 26.9. The number of aromatic nitrogens is 2. The van der Waals surface area contributed by atoms with Crippen molar-refractivity contribution >= 4 is 44.5 Å². The van der Waals surface area contributed by atoms with Crippen LogP contribution in [0, 0.1) is 5.82 Å². The molecule has 11 heteroatoms. The number of carbonyl (C=O) groups is 1. The van der Waals surface area contributed by atoms with Crippen molar-refractivity contribution in [2.24, 2.45) is 0 Å². The predicted molar refractivity (Wildman–Crippen MR) is 172 cm³/mol. The fourth-order valence-corrected chi connectivity index (χ4v) is 7.99. The van der Waals surface area contributed by atoms with Crippen molar-refractivity contribution in [3.05, 3.63) is 58.7 Å². The Morgan fingerprint density at radius 1 is 1.19 bits per heavy atom. The minimum atomic E-state index is -0.370. The first-order chi connectivity index (χ1) is 20.9. The number of pyridine rings is 1. The molecule has 1 amide bonds. The lowest BCUT2D eigenvalue weighted by Gasteiger charge is -2.36. The van der Waals surface area contributed by atoms with Crippen LogP contribution in [0.1, 0.15) is 23.4 Å². The van der Waals surface area contributed by atoms with E-state index in [-0.39, 0.29) is 11.7 Å². The summed E-state index contributed by atoms with van der Waals surface area (Å²) in [5.74, 6) is 0.948. The standard InChI is InChI=1S/C32H36FN5O3S2/c1-5-27(39)38-14-10-24-26(19-38)43-32(34-24)29-28(22-7-6-20(33)18-25(22)41-16-15-40-4)30-23(11-17-42-30)31(35-29)37-12-8-21(9-13-37)36(2)3/h5-7,11,17-18,21H,1,8-10,12-16,19H2,2-4H3. The number of methoxy groups -OCH3 is 1. The van der Waals surface area contributed by atoms with E-state index in [0.717, 1.165) is 74.2 Å². The molecule has 1 fully saturated rings. The zero-order chi connectivity index (χ0) is 30.1. The molecule has 5 heterocycles. The number of fused-ring (bicyclic) bond motifs is 2. The highest BCUT2D eigenvalue weighted by molar-refractivity contribution is 7.18. The van der Waals surface area contributed by atoms with E-state index in [0.29, 0.717) is 44.5 Å². The fourth-order valence-electron chi connectivity index (χ4n) is 5.92. The van der Waals surface area contributed by atoms with Crippen molar-refractivity contribution in [1.29, 1.82) is 0 Å². The molecule has 0 atom stereocenters. The van der Waals surface area contributed by atoms with Crippen LogP contribution in [0.2, 0.25) is 0 Å². The van der Waals surface area contributed by atoms with E-state index in [2.05, 4.69) is 41.9 Å². The van der Waals surface area contributed by atoms with Gasteiger partial charge in [-0.15, -0.1) is 22.7 Å². The average molecular weight is 622 g/mol. The Hall–Kier alpha value is -3.38. The second kappa shape index (κ2) is 12.7. The Morgan fingerprint density at radius 2 is 2.00 bits per heavy atom. The van der Waals surface area contributed by atoms with Crippen molar-refractivity contribution in [1.82, 2.24) is 19.8 Å².